The average Bonchev–Trinajstić information content (AvgIpc) is 2.76. The lowest BCUT2D eigenvalue weighted by Gasteiger charge is -2.39. The van der Waals surface area contributed by atoms with Crippen molar-refractivity contribution in [2.24, 2.45) is 5.92 Å². The van der Waals surface area contributed by atoms with Crippen molar-refractivity contribution in [1.29, 1.82) is 0 Å². The van der Waals surface area contributed by atoms with Crippen LogP contribution in [0.5, 0.6) is 0 Å². The molecule has 0 amide bonds. The molecule has 0 saturated heterocycles. The second-order valence-corrected chi connectivity index (χ2v) is 9.45. The maximum absolute atomic E-state index is 13.7. The molecule has 0 bridgehead atoms. The highest BCUT2D eigenvalue weighted by Crippen LogP contribution is 2.31. The Labute approximate surface area is 191 Å². The molecule has 0 atom stereocenters. The van der Waals surface area contributed by atoms with Crippen molar-refractivity contribution in [2.75, 3.05) is 18.1 Å². The van der Waals surface area contributed by atoms with Gasteiger partial charge in [0.2, 0.25) is 5.95 Å². The normalized spacial score (nSPS) is 14.1. The van der Waals surface area contributed by atoms with E-state index < -0.39 is 0 Å². The molecule has 3 aromatic rings. The molecule has 168 valence electrons. The smallest absolute Gasteiger partial charge is 0.259 e. The van der Waals surface area contributed by atoms with E-state index in [1.165, 1.54) is 11.1 Å². The van der Waals surface area contributed by atoms with Gasteiger partial charge in [-0.3, -0.25) is 19.2 Å². The van der Waals surface area contributed by atoms with Crippen LogP contribution in [0, 0.1) is 26.7 Å². The number of rotatable bonds is 6. The van der Waals surface area contributed by atoms with Gasteiger partial charge in [0.15, 0.2) is 0 Å². The molecule has 5 nitrogen and oxygen atoms in total. The van der Waals surface area contributed by atoms with Gasteiger partial charge in [0.1, 0.15) is 0 Å². The van der Waals surface area contributed by atoms with E-state index in [1.807, 2.05) is 29.7 Å². The van der Waals surface area contributed by atoms with Crippen LogP contribution in [0.15, 0.2) is 53.3 Å². The molecule has 0 spiro atoms. The van der Waals surface area contributed by atoms with E-state index in [0.29, 0.717) is 19.0 Å². The van der Waals surface area contributed by atoms with E-state index >= 15 is 0 Å². The summed E-state index contributed by atoms with van der Waals surface area (Å²) < 4.78 is 1.87. The Morgan fingerprint density at radius 1 is 1.00 bits per heavy atom. The van der Waals surface area contributed by atoms with Crippen molar-refractivity contribution in [3.63, 3.8) is 0 Å². The highest BCUT2D eigenvalue weighted by atomic mass is 16.1. The number of hydrogen-bond donors (Lipinski definition) is 0. The number of nitrogens with zero attached hydrogens (tertiary/aromatic N) is 4. The van der Waals surface area contributed by atoms with Gasteiger partial charge >= 0.3 is 0 Å². The molecule has 0 unspecified atom stereocenters. The molecule has 2 aromatic carbocycles. The minimum atomic E-state index is 0.0698. The Bertz CT molecular complexity index is 1150. The van der Waals surface area contributed by atoms with Gasteiger partial charge in [0.25, 0.3) is 5.56 Å². The fraction of sp³-hybridized carbons (Fsp3) is 0.407. The van der Waals surface area contributed by atoms with Crippen LogP contribution in [-0.4, -0.2) is 27.7 Å². The first-order chi connectivity index (χ1) is 15.3. The molecule has 0 fully saturated rings. The first kappa shape index (κ1) is 22.3. The monoisotopic (exact) mass is 430 g/mol. The van der Waals surface area contributed by atoms with Crippen LogP contribution in [0.25, 0.3) is 0 Å². The third kappa shape index (κ3) is 4.63. The fourth-order valence-corrected chi connectivity index (χ4v) is 4.41. The Morgan fingerprint density at radius 2 is 1.75 bits per heavy atom. The van der Waals surface area contributed by atoms with Crippen molar-refractivity contribution < 1.29 is 0 Å². The molecule has 5 heteroatoms. The van der Waals surface area contributed by atoms with Crippen molar-refractivity contribution in [2.45, 2.75) is 54.1 Å². The summed E-state index contributed by atoms with van der Waals surface area (Å²) in [5.41, 5.74) is 6.35. The van der Waals surface area contributed by atoms with Gasteiger partial charge in [-0.2, -0.15) is 0 Å². The zero-order valence-electron chi connectivity index (χ0n) is 19.9. The zero-order valence-corrected chi connectivity index (χ0v) is 19.9. The second kappa shape index (κ2) is 9.29. The molecular formula is C27H34N4O. The SMILES string of the molecule is Cc1ccc(N2CN(CCC(C)C)Cn3c2nc(C)c(Cc2ccccc2)c3=O)c(C)c1. The number of aryl methyl sites for hydroxylation is 3. The van der Waals surface area contributed by atoms with Gasteiger partial charge in [-0.25, -0.2) is 4.98 Å². The fourth-order valence-electron chi connectivity index (χ4n) is 4.41. The molecule has 0 N–H and O–H groups in total. The van der Waals surface area contributed by atoms with Crippen molar-refractivity contribution in [1.82, 2.24) is 14.5 Å². The number of fused-ring (bicyclic) bond motifs is 1. The summed E-state index contributed by atoms with van der Waals surface area (Å²) in [6.45, 7) is 13.0. The van der Waals surface area contributed by atoms with Crippen LogP contribution >= 0.6 is 0 Å². The van der Waals surface area contributed by atoms with E-state index in [-0.39, 0.29) is 5.56 Å². The molecule has 0 saturated carbocycles. The molecule has 1 aromatic heterocycles. The Hall–Kier alpha value is -2.92. The minimum Gasteiger partial charge on any atom is -0.298 e. The quantitative estimate of drug-likeness (QED) is 0.541. The summed E-state index contributed by atoms with van der Waals surface area (Å²) in [6.07, 6.45) is 1.70. The summed E-state index contributed by atoms with van der Waals surface area (Å²) in [4.78, 5) is 23.3. The second-order valence-electron chi connectivity index (χ2n) is 9.45. The number of hydrogen-bond acceptors (Lipinski definition) is 4. The lowest BCUT2D eigenvalue weighted by atomic mass is 10.0. The van der Waals surface area contributed by atoms with Gasteiger partial charge in [0.05, 0.1) is 19.0 Å². The average molecular weight is 431 g/mol. The molecule has 2 heterocycles. The number of aromatic nitrogens is 2. The van der Waals surface area contributed by atoms with Gasteiger partial charge < -0.3 is 0 Å². The van der Waals surface area contributed by atoms with Crippen LogP contribution in [0.3, 0.4) is 0 Å². The number of benzene rings is 2. The third-order valence-electron chi connectivity index (χ3n) is 6.26. The van der Waals surface area contributed by atoms with Crippen LogP contribution < -0.4 is 10.5 Å². The highest BCUT2D eigenvalue weighted by Gasteiger charge is 2.28. The van der Waals surface area contributed by atoms with Gasteiger partial charge in [-0.1, -0.05) is 61.9 Å². The summed E-state index contributed by atoms with van der Waals surface area (Å²) >= 11 is 0. The molecule has 0 radical (unpaired) electrons. The van der Waals surface area contributed by atoms with Crippen LogP contribution in [0.1, 0.15) is 48.2 Å². The van der Waals surface area contributed by atoms with E-state index in [9.17, 15) is 4.79 Å². The van der Waals surface area contributed by atoms with Crippen molar-refractivity contribution in [3.05, 3.63) is 86.8 Å². The Morgan fingerprint density at radius 3 is 2.44 bits per heavy atom. The summed E-state index contributed by atoms with van der Waals surface area (Å²) in [7, 11) is 0. The lowest BCUT2D eigenvalue weighted by molar-refractivity contribution is 0.188. The molecule has 1 aliphatic rings. The van der Waals surface area contributed by atoms with Gasteiger partial charge in [0, 0.05) is 24.2 Å². The van der Waals surface area contributed by atoms with Crippen molar-refractivity contribution >= 4 is 11.6 Å². The summed E-state index contributed by atoms with van der Waals surface area (Å²) in [6, 6.07) is 16.7. The Balaban J connectivity index is 1.79. The van der Waals surface area contributed by atoms with E-state index in [0.717, 1.165) is 48.1 Å². The molecule has 1 aliphatic heterocycles. The van der Waals surface area contributed by atoms with E-state index in [1.54, 1.807) is 0 Å². The topological polar surface area (TPSA) is 41.4 Å². The van der Waals surface area contributed by atoms with Gasteiger partial charge in [-0.05, 0) is 50.3 Å². The molecule has 0 aliphatic carbocycles. The van der Waals surface area contributed by atoms with Crippen molar-refractivity contribution in [3.8, 4) is 0 Å². The minimum absolute atomic E-state index is 0.0698. The predicted molar refractivity (Wildman–Crippen MR) is 132 cm³/mol. The van der Waals surface area contributed by atoms with Crippen LogP contribution in [-0.2, 0) is 13.1 Å². The van der Waals surface area contributed by atoms with E-state index in [4.69, 9.17) is 4.98 Å². The molecule has 4 rings (SSSR count). The molecule has 32 heavy (non-hydrogen) atoms. The highest BCUT2D eigenvalue weighted by molar-refractivity contribution is 5.63. The lowest BCUT2D eigenvalue weighted by Crippen LogP contribution is -2.48. The first-order valence-electron chi connectivity index (χ1n) is 11.5. The number of anilines is 2. The Kier molecular flexibility index (Phi) is 6.47. The third-order valence-corrected chi connectivity index (χ3v) is 6.26. The standard InChI is InChI=1S/C27H34N4O/c1-19(2)13-14-29-17-30(25-12-11-20(3)15-21(25)4)27-28-22(5)24(26(32)31(27)18-29)16-23-9-7-6-8-10-23/h6-12,15,19H,13-14,16-18H2,1-5H3. The maximum Gasteiger partial charge on any atom is 0.259 e. The van der Waals surface area contributed by atoms with Crippen LogP contribution in [0.2, 0.25) is 0 Å². The van der Waals surface area contributed by atoms with E-state index in [2.05, 4.69) is 67.8 Å². The maximum atomic E-state index is 13.7. The zero-order chi connectivity index (χ0) is 22.8. The molecular weight excluding hydrogens is 396 g/mol. The largest absolute Gasteiger partial charge is 0.298 e. The summed E-state index contributed by atoms with van der Waals surface area (Å²) in [5, 5.41) is 0. The predicted octanol–water partition coefficient (Wildman–Crippen LogP) is 5.17. The summed E-state index contributed by atoms with van der Waals surface area (Å²) in [5.74, 6) is 1.37. The first-order valence-corrected chi connectivity index (χ1v) is 11.5. The van der Waals surface area contributed by atoms with Gasteiger partial charge in [-0.15, -0.1) is 0 Å². The van der Waals surface area contributed by atoms with Crippen LogP contribution in [0.4, 0.5) is 11.6 Å².